The molecule has 0 radical (unpaired) electrons. The second-order valence-electron chi connectivity index (χ2n) is 5.53. The Morgan fingerprint density at radius 3 is 2.80 bits per heavy atom. The topological polar surface area (TPSA) is 51.2 Å². The van der Waals surface area contributed by atoms with Gasteiger partial charge in [0.25, 0.3) is 0 Å². The molecule has 1 aromatic rings. The number of pyridine rings is 1. The molecule has 0 saturated heterocycles. The van der Waals surface area contributed by atoms with Gasteiger partial charge in [-0.05, 0) is 17.9 Å². The van der Waals surface area contributed by atoms with Gasteiger partial charge in [-0.1, -0.05) is 38.2 Å². The summed E-state index contributed by atoms with van der Waals surface area (Å²) < 4.78 is 5.00. The number of nitrogens with one attached hydrogen (secondary N) is 1. The highest BCUT2D eigenvalue weighted by molar-refractivity contribution is 5.75. The smallest absolute Gasteiger partial charge is 0.220 e. The number of ether oxygens (including phenoxy) is 1. The number of carbonyl (C=O) groups excluding carboxylic acids is 1. The van der Waals surface area contributed by atoms with Crippen LogP contribution in [0, 0.1) is 5.92 Å². The van der Waals surface area contributed by atoms with Gasteiger partial charge in [0.2, 0.25) is 11.8 Å². The fourth-order valence-electron chi connectivity index (χ4n) is 2.74. The minimum absolute atomic E-state index is 0.145. The van der Waals surface area contributed by atoms with Gasteiger partial charge in [0.1, 0.15) is 0 Å². The van der Waals surface area contributed by atoms with E-state index >= 15 is 0 Å². The van der Waals surface area contributed by atoms with E-state index < -0.39 is 0 Å². The summed E-state index contributed by atoms with van der Waals surface area (Å²) in [6, 6.07) is 3.73. The SMILES string of the molecule is COc1ccc(CNC(=O)CCC2CCCCC2)cn1. The maximum absolute atomic E-state index is 11.8. The molecule has 1 N–H and O–H groups in total. The van der Waals surface area contributed by atoms with Crippen molar-refractivity contribution in [3.63, 3.8) is 0 Å². The molecule has 2 rings (SSSR count). The summed E-state index contributed by atoms with van der Waals surface area (Å²) in [6.45, 7) is 0.542. The number of aromatic nitrogens is 1. The molecule has 0 atom stereocenters. The van der Waals surface area contributed by atoms with Gasteiger partial charge in [0.15, 0.2) is 0 Å². The van der Waals surface area contributed by atoms with Gasteiger partial charge in [0.05, 0.1) is 7.11 Å². The van der Waals surface area contributed by atoms with E-state index in [-0.39, 0.29) is 5.91 Å². The zero-order valence-electron chi connectivity index (χ0n) is 12.2. The molecule has 20 heavy (non-hydrogen) atoms. The lowest BCUT2D eigenvalue weighted by Gasteiger charge is -2.20. The molecule has 0 unspecified atom stereocenters. The fourth-order valence-corrected chi connectivity index (χ4v) is 2.74. The predicted molar refractivity (Wildman–Crippen MR) is 78.4 cm³/mol. The van der Waals surface area contributed by atoms with Crippen LogP contribution in [0.2, 0.25) is 0 Å². The molecule has 1 aliphatic rings. The van der Waals surface area contributed by atoms with Gasteiger partial charge < -0.3 is 10.1 Å². The van der Waals surface area contributed by atoms with Gasteiger partial charge in [-0.25, -0.2) is 4.98 Å². The Morgan fingerprint density at radius 2 is 2.15 bits per heavy atom. The maximum Gasteiger partial charge on any atom is 0.220 e. The van der Waals surface area contributed by atoms with E-state index in [1.165, 1.54) is 32.1 Å². The van der Waals surface area contributed by atoms with Crippen LogP contribution in [-0.4, -0.2) is 18.0 Å². The number of rotatable bonds is 6. The van der Waals surface area contributed by atoms with Crippen molar-refractivity contribution in [1.29, 1.82) is 0 Å². The highest BCUT2D eigenvalue weighted by atomic mass is 16.5. The van der Waals surface area contributed by atoms with Crippen molar-refractivity contribution in [2.75, 3.05) is 7.11 Å². The zero-order chi connectivity index (χ0) is 14.2. The molecule has 1 aliphatic carbocycles. The fraction of sp³-hybridized carbons (Fsp3) is 0.625. The molecular weight excluding hydrogens is 252 g/mol. The number of hydrogen-bond donors (Lipinski definition) is 1. The molecule has 4 heteroatoms. The summed E-state index contributed by atoms with van der Waals surface area (Å²) in [5.41, 5.74) is 0.997. The first-order chi connectivity index (χ1) is 9.78. The summed E-state index contributed by atoms with van der Waals surface area (Å²) in [6.07, 6.45) is 10.1. The molecule has 110 valence electrons. The maximum atomic E-state index is 11.8. The highest BCUT2D eigenvalue weighted by Gasteiger charge is 2.14. The average Bonchev–Trinajstić information content (AvgIpc) is 2.52. The van der Waals surface area contributed by atoms with Gasteiger partial charge >= 0.3 is 0 Å². The Bertz CT molecular complexity index is 411. The molecule has 0 spiro atoms. The van der Waals surface area contributed by atoms with Crippen molar-refractivity contribution in [2.45, 2.75) is 51.5 Å². The second-order valence-corrected chi connectivity index (χ2v) is 5.53. The standard InChI is InChI=1S/C16H24N2O2/c1-20-16-10-8-14(12-18-16)11-17-15(19)9-7-13-5-3-2-4-6-13/h8,10,12-13H,2-7,9,11H2,1H3,(H,17,19). The first-order valence-corrected chi connectivity index (χ1v) is 7.53. The summed E-state index contributed by atoms with van der Waals surface area (Å²) in [5, 5.41) is 2.96. The molecule has 1 aromatic heterocycles. The Labute approximate surface area is 120 Å². The molecule has 1 fully saturated rings. The third kappa shape index (κ3) is 4.83. The lowest BCUT2D eigenvalue weighted by atomic mass is 9.86. The third-order valence-electron chi connectivity index (χ3n) is 4.00. The zero-order valence-corrected chi connectivity index (χ0v) is 12.2. The van der Waals surface area contributed by atoms with Crippen LogP contribution in [-0.2, 0) is 11.3 Å². The highest BCUT2D eigenvalue weighted by Crippen LogP contribution is 2.27. The van der Waals surface area contributed by atoms with Crippen LogP contribution >= 0.6 is 0 Å². The molecule has 1 saturated carbocycles. The molecule has 0 aromatic carbocycles. The van der Waals surface area contributed by atoms with Crippen LogP contribution in [0.1, 0.15) is 50.5 Å². The van der Waals surface area contributed by atoms with Crippen molar-refractivity contribution < 1.29 is 9.53 Å². The molecular formula is C16H24N2O2. The van der Waals surface area contributed by atoms with Gasteiger partial charge in [-0.2, -0.15) is 0 Å². The molecule has 4 nitrogen and oxygen atoms in total. The molecule has 0 bridgehead atoms. The first kappa shape index (κ1) is 14.8. The van der Waals surface area contributed by atoms with Crippen LogP contribution in [0.4, 0.5) is 0 Å². The van der Waals surface area contributed by atoms with Crippen LogP contribution < -0.4 is 10.1 Å². The van der Waals surface area contributed by atoms with Crippen LogP contribution in [0.5, 0.6) is 5.88 Å². The van der Waals surface area contributed by atoms with E-state index in [2.05, 4.69) is 10.3 Å². The summed E-state index contributed by atoms with van der Waals surface area (Å²) in [7, 11) is 1.59. The predicted octanol–water partition coefficient (Wildman–Crippen LogP) is 3.07. The summed E-state index contributed by atoms with van der Waals surface area (Å²) in [5.74, 6) is 1.50. The minimum atomic E-state index is 0.145. The Hall–Kier alpha value is -1.58. The van der Waals surface area contributed by atoms with Crippen LogP contribution in [0.25, 0.3) is 0 Å². The van der Waals surface area contributed by atoms with Crippen LogP contribution in [0.3, 0.4) is 0 Å². The second kappa shape index (κ2) is 7.88. The van der Waals surface area contributed by atoms with E-state index in [9.17, 15) is 4.79 Å². The van der Waals surface area contributed by atoms with Gasteiger partial charge in [0, 0.05) is 25.2 Å². The molecule has 1 amide bonds. The van der Waals surface area contributed by atoms with E-state index in [4.69, 9.17) is 4.74 Å². The van der Waals surface area contributed by atoms with Crippen molar-refractivity contribution in [1.82, 2.24) is 10.3 Å². The minimum Gasteiger partial charge on any atom is -0.481 e. The number of hydrogen-bond acceptors (Lipinski definition) is 3. The first-order valence-electron chi connectivity index (χ1n) is 7.53. The Balaban J connectivity index is 1.66. The van der Waals surface area contributed by atoms with Crippen molar-refractivity contribution in [3.05, 3.63) is 23.9 Å². The quantitative estimate of drug-likeness (QED) is 0.868. The van der Waals surface area contributed by atoms with E-state index in [1.807, 2.05) is 12.1 Å². The number of carbonyl (C=O) groups is 1. The molecule has 0 aliphatic heterocycles. The lowest BCUT2D eigenvalue weighted by molar-refractivity contribution is -0.121. The normalized spacial score (nSPS) is 15.8. The number of methoxy groups -OCH3 is 1. The summed E-state index contributed by atoms with van der Waals surface area (Å²) >= 11 is 0. The Kier molecular flexibility index (Phi) is 5.84. The van der Waals surface area contributed by atoms with E-state index in [0.717, 1.165) is 17.9 Å². The average molecular weight is 276 g/mol. The molecule has 1 heterocycles. The lowest BCUT2D eigenvalue weighted by Crippen LogP contribution is -2.23. The number of amides is 1. The largest absolute Gasteiger partial charge is 0.481 e. The van der Waals surface area contributed by atoms with Crippen LogP contribution in [0.15, 0.2) is 18.3 Å². The third-order valence-corrected chi connectivity index (χ3v) is 4.00. The number of nitrogens with zero attached hydrogens (tertiary/aromatic N) is 1. The van der Waals surface area contributed by atoms with Gasteiger partial charge in [-0.3, -0.25) is 4.79 Å². The van der Waals surface area contributed by atoms with Crippen molar-refractivity contribution in [2.24, 2.45) is 5.92 Å². The van der Waals surface area contributed by atoms with E-state index in [0.29, 0.717) is 18.8 Å². The Morgan fingerprint density at radius 1 is 1.35 bits per heavy atom. The van der Waals surface area contributed by atoms with Crippen molar-refractivity contribution >= 4 is 5.91 Å². The van der Waals surface area contributed by atoms with Crippen molar-refractivity contribution in [3.8, 4) is 5.88 Å². The summed E-state index contributed by atoms with van der Waals surface area (Å²) in [4.78, 5) is 15.9. The monoisotopic (exact) mass is 276 g/mol. The van der Waals surface area contributed by atoms with E-state index in [1.54, 1.807) is 13.3 Å². The van der Waals surface area contributed by atoms with Gasteiger partial charge in [-0.15, -0.1) is 0 Å².